The molecule has 1 aromatic heterocycles. The predicted octanol–water partition coefficient (Wildman–Crippen LogP) is 4.18. The van der Waals surface area contributed by atoms with E-state index in [2.05, 4.69) is 4.98 Å². The number of fused-ring (bicyclic) bond motifs is 1. The molecular weight excluding hydrogens is 326 g/mol. The van der Waals surface area contributed by atoms with Gasteiger partial charge in [-0.25, -0.2) is 9.78 Å². The number of carbonyl (C=O) groups is 2. The van der Waals surface area contributed by atoms with E-state index in [0.717, 1.165) is 30.2 Å². The van der Waals surface area contributed by atoms with Crippen LogP contribution in [0.3, 0.4) is 0 Å². The first-order valence-electron chi connectivity index (χ1n) is 9.67. The molecule has 1 heterocycles. The van der Waals surface area contributed by atoms with Crippen LogP contribution in [0.25, 0.3) is 10.9 Å². The SMILES string of the molecule is O=C(OCC(=O)C12CC3CC(CC(C3)C1)C2)c1ccc2ccccc2n1. The van der Waals surface area contributed by atoms with E-state index >= 15 is 0 Å². The molecule has 0 unspecified atom stereocenters. The number of ketones is 1. The van der Waals surface area contributed by atoms with Crippen molar-refractivity contribution < 1.29 is 14.3 Å². The average molecular weight is 349 g/mol. The van der Waals surface area contributed by atoms with Crippen molar-refractivity contribution >= 4 is 22.7 Å². The van der Waals surface area contributed by atoms with Crippen molar-refractivity contribution in [1.82, 2.24) is 4.98 Å². The van der Waals surface area contributed by atoms with Gasteiger partial charge in [0.1, 0.15) is 5.69 Å². The molecule has 0 radical (unpaired) electrons. The first-order chi connectivity index (χ1) is 12.6. The number of hydrogen-bond acceptors (Lipinski definition) is 4. The predicted molar refractivity (Wildman–Crippen MR) is 97.6 cm³/mol. The maximum Gasteiger partial charge on any atom is 0.357 e. The molecule has 0 spiro atoms. The van der Waals surface area contributed by atoms with E-state index in [1.165, 1.54) is 19.3 Å². The van der Waals surface area contributed by atoms with Crippen molar-refractivity contribution in [1.29, 1.82) is 0 Å². The first-order valence-corrected chi connectivity index (χ1v) is 9.67. The van der Waals surface area contributed by atoms with Gasteiger partial charge in [-0.05, 0) is 68.4 Å². The molecule has 4 bridgehead atoms. The van der Waals surface area contributed by atoms with Crippen molar-refractivity contribution in [3.63, 3.8) is 0 Å². The third-order valence-corrected chi connectivity index (χ3v) is 6.77. The third-order valence-electron chi connectivity index (χ3n) is 6.77. The Morgan fingerprint density at radius 2 is 1.62 bits per heavy atom. The molecule has 4 heteroatoms. The standard InChI is InChI=1S/C22H23NO3/c24-20(22-10-14-7-15(11-22)9-16(8-14)12-22)13-26-21(25)19-6-5-17-3-1-2-4-18(17)23-19/h1-6,14-16H,7-13H2. The number of nitrogens with zero attached hydrogens (tertiary/aromatic N) is 1. The number of benzene rings is 1. The third kappa shape index (κ3) is 2.63. The van der Waals surface area contributed by atoms with E-state index in [9.17, 15) is 9.59 Å². The molecule has 0 saturated heterocycles. The van der Waals surface area contributed by atoms with E-state index in [-0.39, 0.29) is 23.5 Å². The van der Waals surface area contributed by atoms with Gasteiger partial charge in [-0.3, -0.25) is 4.79 Å². The molecule has 1 aromatic carbocycles. The average Bonchev–Trinajstić information content (AvgIpc) is 2.64. The summed E-state index contributed by atoms with van der Waals surface area (Å²) in [7, 11) is 0. The van der Waals surface area contributed by atoms with Gasteiger partial charge in [-0.15, -0.1) is 0 Å². The normalized spacial score (nSPS) is 31.9. The van der Waals surface area contributed by atoms with Crippen LogP contribution in [0.4, 0.5) is 0 Å². The Balaban J connectivity index is 1.28. The lowest BCUT2D eigenvalue weighted by atomic mass is 9.48. The second-order valence-corrected chi connectivity index (χ2v) is 8.59. The Hall–Kier alpha value is -2.23. The number of rotatable bonds is 4. The van der Waals surface area contributed by atoms with E-state index in [0.29, 0.717) is 17.8 Å². The Kier molecular flexibility index (Phi) is 3.63. The van der Waals surface area contributed by atoms with Crippen molar-refractivity contribution in [3.05, 3.63) is 42.1 Å². The first kappa shape index (κ1) is 16.0. The topological polar surface area (TPSA) is 56.3 Å². The molecule has 2 aromatic rings. The lowest BCUT2D eigenvalue weighted by Gasteiger charge is -2.55. The van der Waals surface area contributed by atoms with Crippen LogP contribution >= 0.6 is 0 Å². The molecule has 0 N–H and O–H groups in total. The summed E-state index contributed by atoms with van der Waals surface area (Å²) in [6.07, 6.45) is 6.91. The molecule has 0 amide bonds. The minimum absolute atomic E-state index is 0.112. The van der Waals surface area contributed by atoms with E-state index in [4.69, 9.17) is 4.74 Å². The van der Waals surface area contributed by atoms with E-state index in [1.54, 1.807) is 6.07 Å². The van der Waals surface area contributed by atoms with Gasteiger partial charge in [-0.1, -0.05) is 24.3 Å². The maximum atomic E-state index is 12.9. The van der Waals surface area contributed by atoms with Gasteiger partial charge in [-0.2, -0.15) is 0 Å². The summed E-state index contributed by atoms with van der Waals surface area (Å²) in [5.74, 6) is 1.76. The van der Waals surface area contributed by atoms with Gasteiger partial charge in [0.2, 0.25) is 0 Å². The highest BCUT2D eigenvalue weighted by Gasteiger charge is 2.54. The van der Waals surface area contributed by atoms with Crippen molar-refractivity contribution in [2.75, 3.05) is 6.61 Å². The summed E-state index contributed by atoms with van der Waals surface area (Å²) >= 11 is 0. The van der Waals surface area contributed by atoms with E-state index < -0.39 is 5.97 Å². The number of pyridine rings is 1. The zero-order valence-corrected chi connectivity index (χ0v) is 14.8. The molecular formula is C22H23NO3. The Bertz CT molecular complexity index is 853. The molecule has 26 heavy (non-hydrogen) atoms. The highest BCUT2D eigenvalue weighted by molar-refractivity contribution is 5.93. The van der Waals surface area contributed by atoms with Crippen molar-refractivity contribution in [3.8, 4) is 0 Å². The Labute approximate surface area is 152 Å². The zero-order valence-electron chi connectivity index (χ0n) is 14.8. The second kappa shape index (κ2) is 5.90. The number of esters is 1. The molecule has 6 rings (SSSR count). The summed E-state index contributed by atoms with van der Waals surface area (Å²) in [5.41, 5.74) is 0.808. The molecule has 4 saturated carbocycles. The van der Waals surface area contributed by atoms with Gasteiger partial charge in [0.25, 0.3) is 0 Å². The van der Waals surface area contributed by atoms with Crippen LogP contribution in [0.2, 0.25) is 0 Å². The lowest BCUT2D eigenvalue weighted by molar-refractivity contribution is -0.147. The molecule has 4 aliphatic rings. The van der Waals surface area contributed by atoms with Crippen molar-refractivity contribution in [2.45, 2.75) is 38.5 Å². The van der Waals surface area contributed by atoms with Crippen molar-refractivity contribution in [2.24, 2.45) is 23.2 Å². The highest BCUT2D eigenvalue weighted by atomic mass is 16.5. The van der Waals surface area contributed by atoms with Gasteiger partial charge in [0.15, 0.2) is 12.4 Å². The Morgan fingerprint density at radius 1 is 0.962 bits per heavy atom. The van der Waals surface area contributed by atoms with Crippen LogP contribution in [0, 0.1) is 23.2 Å². The van der Waals surface area contributed by atoms with Crippen LogP contribution in [0.1, 0.15) is 49.0 Å². The summed E-state index contributed by atoms with van der Waals surface area (Å²) in [5, 5.41) is 0.980. The minimum atomic E-state index is -0.506. The smallest absolute Gasteiger partial charge is 0.357 e. The molecule has 4 fully saturated rings. The van der Waals surface area contributed by atoms with Crippen LogP contribution in [-0.4, -0.2) is 23.3 Å². The van der Waals surface area contributed by atoms with E-state index in [1.807, 2.05) is 30.3 Å². The fourth-order valence-electron chi connectivity index (χ4n) is 5.99. The number of hydrogen-bond donors (Lipinski definition) is 0. The fraction of sp³-hybridized carbons (Fsp3) is 0.500. The summed E-state index contributed by atoms with van der Waals surface area (Å²) in [6, 6.07) is 11.2. The second-order valence-electron chi connectivity index (χ2n) is 8.59. The molecule has 4 aliphatic carbocycles. The summed E-state index contributed by atoms with van der Waals surface area (Å²) < 4.78 is 5.38. The summed E-state index contributed by atoms with van der Waals surface area (Å²) in [6.45, 7) is -0.112. The van der Waals surface area contributed by atoms with Gasteiger partial charge in [0, 0.05) is 10.8 Å². The highest BCUT2D eigenvalue weighted by Crippen LogP contribution is 2.60. The number of para-hydroxylation sites is 1. The molecule has 0 aliphatic heterocycles. The lowest BCUT2D eigenvalue weighted by Crippen LogP contribution is -2.51. The monoisotopic (exact) mass is 349 g/mol. The number of ether oxygens (including phenoxy) is 1. The van der Waals surface area contributed by atoms with Gasteiger partial charge in [0.05, 0.1) is 5.52 Å². The zero-order chi connectivity index (χ0) is 17.7. The number of Topliss-reactive ketones (excluding diaryl/α,β-unsaturated/α-hetero) is 1. The fourth-order valence-corrected chi connectivity index (χ4v) is 5.99. The minimum Gasteiger partial charge on any atom is -0.453 e. The molecule has 134 valence electrons. The Morgan fingerprint density at radius 3 is 2.31 bits per heavy atom. The molecule has 4 nitrogen and oxygen atoms in total. The maximum absolute atomic E-state index is 12.9. The molecule has 0 atom stereocenters. The van der Waals surface area contributed by atoms with Crippen LogP contribution in [-0.2, 0) is 9.53 Å². The van der Waals surface area contributed by atoms with Crippen LogP contribution in [0.5, 0.6) is 0 Å². The quantitative estimate of drug-likeness (QED) is 0.777. The number of carbonyl (C=O) groups excluding carboxylic acids is 2. The summed E-state index contributed by atoms with van der Waals surface area (Å²) in [4.78, 5) is 29.7. The largest absolute Gasteiger partial charge is 0.453 e. The van der Waals surface area contributed by atoms with Gasteiger partial charge >= 0.3 is 5.97 Å². The van der Waals surface area contributed by atoms with Crippen LogP contribution in [0.15, 0.2) is 36.4 Å². The number of aromatic nitrogens is 1. The van der Waals surface area contributed by atoms with Gasteiger partial charge < -0.3 is 4.74 Å². The van der Waals surface area contributed by atoms with Crippen LogP contribution < -0.4 is 0 Å².